The molecule has 2 heterocycles. The van der Waals surface area contributed by atoms with Crippen LogP contribution in [0.5, 0.6) is 5.75 Å². The molecule has 36 heavy (non-hydrogen) atoms. The minimum Gasteiger partial charge on any atom is -0.491 e. The molecular formula is C25H17BrN4O6. The molecule has 0 aliphatic rings. The average Bonchev–Trinajstić information content (AvgIpc) is 3.42. The number of aromatic nitrogens is 3. The molecule has 0 fully saturated rings. The summed E-state index contributed by atoms with van der Waals surface area (Å²) in [5.41, 5.74) is 0.907. The maximum atomic E-state index is 13.5. The van der Waals surface area contributed by atoms with Crippen LogP contribution in [0.25, 0.3) is 39.0 Å². The number of rotatable bonds is 7. The standard InChI is InChI=1S/C25H17BrN4O6/c26-17-10-15(23-13-27-14-36-23)9-16(11-17)24-19-3-1-2-4-20(19)25(32)29(28-24)22-12-18(35-8-7-31)5-6-21(22)30(33)34/h1-6,9-14,31H,7-8H2. The van der Waals surface area contributed by atoms with Crippen molar-refractivity contribution in [2.45, 2.75) is 0 Å². The highest BCUT2D eigenvalue weighted by molar-refractivity contribution is 9.10. The molecule has 0 saturated carbocycles. The number of hydrogen-bond donors (Lipinski definition) is 1. The lowest BCUT2D eigenvalue weighted by Crippen LogP contribution is -2.23. The Balaban J connectivity index is 1.79. The van der Waals surface area contributed by atoms with E-state index in [-0.39, 0.29) is 30.3 Å². The fourth-order valence-electron chi connectivity index (χ4n) is 3.87. The van der Waals surface area contributed by atoms with Crippen LogP contribution in [0.3, 0.4) is 0 Å². The smallest absolute Gasteiger partial charge is 0.295 e. The number of nitrogens with zero attached hydrogens (tertiary/aromatic N) is 4. The topological polar surface area (TPSA) is 134 Å². The molecule has 0 saturated heterocycles. The third-order valence-corrected chi connectivity index (χ3v) is 5.88. The van der Waals surface area contributed by atoms with Crippen LogP contribution in [0.2, 0.25) is 0 Å². The van der Waals surface area contributed by atoms with E-state index in [1.807, 2.05) is 18.2 Å². The number of hydrogen-bond acceptors (Lipinski definition) is 8. The number of aliphatic hydroxyl groups excluding tert-OH is 1. The zero-order chi connectivity index (χ0) is 25.2. The summed E-state index contributed by atoms with van der Waals surface area (Å²) < 4.78 is 12.6. The lowest BCUT2D eigenvalue weighted by atomic mass is 10.0. The molecule has 0 aliphatic carbocycles. The summed E-state index contributed by atoms with van der Waals surface area (Å²) in [4.78, 5) is 28.7. The third-order valence-electron chi connectivity index (χ3n) is 5.42. The van der Waals surface area contributed by atoms with E-state index in [4.69, 9.17) is 14.3 Å². The van der Waals surface area contributed by atoms with Crippen LogP contribution in [0.15, 0.2) is 86.9 Å². The van der Waals surface area contributed by atoms with Gasteiger partial charge >= 0.3 is 0 Å². The van der Waals surface area contributed by atoms with Crippen molar-refractivity contribution in [1.29, 1.82) is 0 Å². The molecule has 5 rings (SSSR count). The lowest BCUT2D eigenvalue weighted by Gasteiger charge is -2.13. The minimum atomic E-state index is -0.588. The van der Waals surface area contributed by atoms with Gasteiger partial charge in [-0.3, -0.25) is 14.9 Å². The van der Waals surface area contributed by atoms with E-state index in [1.165, 1.54) is 24.6 Å². The van der Waals surface area contributed by atoms with E-state index < -0.39 is 10.5 Å². The number of nitro benzene ring substituents is 1. The fraction of sp³-hybridized carbons (Fsp3) is 0.0800. The number of oxazole rings is 1. The van der Waals surface area contributed by atoms with Gasteiger partial charge in [-0.25, -0.2) is 4.98 Å². The first-order valence-corrected chi connectivity index (χ1v) is 11.5. The second-order valence-corrected chi connectivity index (χ2v) is 8.60. The molecule has 0 spiro atoms. The second-order valence-electron chi connectivity index (χ2n) is 7.69. The van der Waals surface area contributed by atoms with Crippen LogP contribution < -0.4 is 10.3 Å². The Morgan fingerprint density at radius 2 is 1.86 bits per heavy atom. The summed E-state index contributed by atoms with van der Waals surface area (Å²) in [7, 11) is 0. The first-order valence-electron chi connectivity index (χ1n) is 10.7. The maximum Gasteiger partial charge on any atom is 0.295 e. The molecule has 10 nitrogen and oxygen atoms in total. The Morgan fingerprint density at radius 1 is 1.08 bits per heavy atom. The number of halogens is 1. The van der Waals surface area contributed by atoms with Gasteiger partial charge in [0.05, 0.1) is 28.8 Å². The van der Waals surface area contributed by atoms with E-state index in [0.717, 1.165) is 14.7 Å². The van der Waals surface area contributed by atoms with Crippen LogP contribution >= 0.6 is 15.9 Å². The van der Waals surface area contributed by atoms with E-state index in [2.05, 4.69) is 26.0 Å². The SMILES string of the molecule is O=c1c2ccccc2c(-c2cc(Br)cc(-c3cnco3)c2)nn1-c1cc(OCCO)ccc1[N+](=O)[O-]. The van der Waals surface area contributed by atoms with Gasteiger partial charge in [-0.1, -0.05) is 34.1 Å². The van der Waals surface area contributed by atoms with Crippen molar-refractivity contribution in [3.05, 3.63) is 98.2 Å². The Morgan fingerprint density at radius 3 is 2.58 bits per heavy atom. The molecule has 2 aromatic heterocycles. The maximum absolute atomic E-state index is 13.5. The number of nitro groups is 1. The van der Waals surface area contributed by atoms with Crippen LogP contribution in [0.4, 0.5) is 5.69 Å². The number of fused-ring (bicyclic) bond motifs is 1. The summed E-state index contributed by atoms with van der Waals surface area (Å²) in [5.74, 6) is 0.794. The molecule has 0 radical (unpaired) electrons. The van der Waals surface area contributed by atoms with E-state index in [9.17, 15) is 14.9 Å². The molecule has 0 amide bonds. The van der Waals surface area contributed by atoms with Gasteiger partial charge in [-0.15, -0.1) is 0 Å². The monoisotopic (exact) mass is 548 g/mol. The lowest BCUT2D eigenvalue weighted by molar-refractivity contribution is -0.384. The minimum absolute atomic E-state index is 0.00892. The van der Waals surface area contributed by atoms with Crippen molar-refractivity contribution in [3.63, 3.8) is 0 Å². The van der Waals surface area contributed by atoms with Crippen LogP contribution in [-0.4, -0.2) is 38.0 Å². The van der Waals surface area contributed by atoms with Crippen LogP contribution in [0, 0.1) is 10.1 Å². The Labute approximate surface area is 211 Å². The largest absolute Gasteiger partial charge is 0.491 e. The van der Waals surface area contributed by atoms with Crippen molar-refractivity contribution in [2.75, 3.05) is 13.2 Å². The Kier molecular flexibility index (Phi) is 6.32. The summed E-state index contributed by atoms with van der Waals surface area (Å²) in [6.45, 7) is -0.244. The molecule has 1 N–H and O–H groups in total. The van der Waals surface area contributed by atoms with Crippen molar-refractivity contribution in [3.8, 4) is 34.0 Å². The van der Waals surface area contributed by atoms with E-state index >= 15 is 0 Å². The zero-order valence-corrected chi connectivity index (χ0v) is 20.1. The number of benzene rings is 3. The fourth-order valence-corrected chi connectivity index (χ4v) is 4.37. The highest BCUT2D eigenvalue weighted by Crippen LogP contribution is 2.33. The summed E-state index contributed by atoms with van der Waals surface area (Å²) in [5, 5.41) is 26.4. The van der Waals surface area contributed by atoms with Crippen molar-refractivity contribution in [1.82, 2.24) is 14.8 Å². The highest BCUT2D eigenvalue weighted by atomic mass is 79.9. The van der Waals surface area contributed by atoms with Gasteiger partial charge in [-0.2, -0.15) is 9.78 Å². The quantitative estimate of drug-likeness (QED) is 0.227. The van der Waals surface area contributed by atoms with Crippen molar-refractivity contribution in [2.24, 2.45) is 0 Å². The van der Waals surface area contributed by atoms with Gasteiger partial charge in [0.1, 0.15) is 18.0 Å². The van der Waals surface area contributed by atoms with E-state index in [0.29, 0.717) is 27.8 Å². The molecule has 3 aromatic carbocycles. The summed E-state index contributed by atoms with van der Waals surface area (Å²) >= 11 is 3.52. The molecule has 5 aromatic rings. The first kappa shape index (κ1) is 23.4. The van der Waals surface area contributed by atoms with Gasteiger partial charge < -0.3 is 14.3 Å². The molecule has 0 unspecified atom stereocenters. The second kappa shape index (κ2) is 9.72. The van der Waals surface area contributed by atoms with Crippen LogP contribution in [0.1, 0.15) is 0 Å². The van der Waals surface area contributed by atoms with Crippen LogP contribution in [-0.2, 0) is 0 Å². The van der Waals surface area contributed by atoms with E-state index in [1.54, 1.807) is 30.5 Å². The highest BCUT2D eigenvalue weighted by Gasteiger charge is 2.22. The summed E-state index contributed by atoms with van der Waals surface area (Å²) in [6, 6.07) is 16.5. The predicted molar refractivity (Wildman–Crippen MR) is 135 cm³/mol. The zero-order valence-electron chi connectivity index (χ0n) is 18.5. The number of ether oxygens (including phenoxy) is 1. The molecule has 0 atom stereocenters. The number of aliphatic hydroxyl groups is 1. The molecule has 0 aliphatic heterocycles. The van der Waals surface area contributed by atoms with Gasteiger partial charge in [0, 0.05) is 33.1 Å². The van der Waals surface area contributed by atoms with Gasteiger partial charge in [0.15, 0.2) is 12.2 Å². The average molecular weight is 549 g/mol. The first-order chi connectivity index (χ1) is 17.5. The molecule has 0 bridgehead atoms. The molecular weight excluding hydrogens is 532 g/mol. The van der Waals surface area contributed by atoms with Gasteiger partial charge in [0.2, 0.25) is 0 Å². The normalized spacial score (nSPS) is 11.1. The third kappa shape index (κ3) is 4.37. The molecule has 180 valence electrons. The van der Waals surface area contributed by atoms with Crippen molar-refractivity contribution < 1.29 is 19.2 Å². The Hall–Kier alpha value is -4.35. The van der Waals surface area contributed by atoms with Crippen molar-refractivity contribution >= 4 is 32.4 Å². The van der Waals surface area contributed by atoms with Gasteiger partial charge in [-0.05, 0) is 30.3 Å². The molecule has 11 heteroatoms. The predicted octanol–water partition coefficient (Wildman–Crippen LogP) is 4.75. The Bertz CT molecular complexity index is 1650. The summed E-state index contributed by atoms with van der Waals surface area (Å²) in [6.07, 6.45) is 2.91. The van der Waals surface area contributed by atoms with Gasteiger partial charge in [0.25, 0.3) is 11.2 Å².